The van der Waals surface area contributed by atoms with E-state index >= 15 is 0 Å². The van der Waals surface area contributed by atoms with Gasteiger partial charge in [0.2, 0.25) is 0 Å². The van der Waals surface area contributed by atoms with E-state index in [1.54, 1.807) is 30.3 Å². The summed E-state index contributed by atoms with van der Waals surface area (Å²) < 4.78 is 19.7. The number of rotatable bonds is 7. The number of ketones is 2. The monoisotopic (exact) mass is 346 g/mol. The smallest absolute Gasteiger partial charge is 0.167 e. The Morgan fingerprint density at radius 3 is 2.62 bits per heavy atom. The van der Waals surface area contributed by atoms with Crippen molar-refractivity contribution in [1.82, 2.24) is 0 Å². The maximum atomic E-state index is 14.0. The summed E-state index contributed by atoms with van der Waals surface area (Å²) in [6.07, 6.45) is 0.348. The lowest BCUT2D eigenvalue weighted by Gasteiger charge is -2.13. The molecule has 2 aromatic carbocycles. The third kappa shape index (κ3) is 4.72. The Morgan fingerprint density at radius 1 is 1.17 bits per heavy atom. The maximum absolute atomic E-state index is 14.0. The normalized spacial score (nSPS) is 10.5. The van der Waals surface area contributed by atoms with Gasteiger partial charge in [-0.1, -0.05) is 29.8 Å². The lowest BCUT2D eigenvalue weighted by Crippen LogP contribution is -2.09. The van der Waals surface area contributed by atoms with Crippen LogP contribution in [0.15, 0.2) is 36.4 Å². The standard InChI is InChI=1S/C19H20FO3P/c1-12-6-9-17(15(10-12)16(22)8-7-13(2)21)23-11-14-4-3-5-18(24)19(14)20/h3-6,9-10H,7-8,11,24H2,1-2H3. The van der Waals surface area contributed by atoms with Crippen molar-refractivity contribution in [3.8, 4) is 5.75 Å². The lowest BCUT2D eigenvalue weighted by atomic mass is 10.0. The molecule has 24 heavy (non-hydrogen) atoms. The van der Waals surface area contributed by atoms with Gasteiger partial charge in [-0.15, -0.1) is 9.24 Å². The van der Waals surface area contributed by atoms with E-state index in [9.17, 15) is 14.0 Å². The summed E-state index contributed by atoms with van der Waals surface area (Å²) in [7, 11) is 2.34. The molecule has 3 nitrogen and oxygen atoms in total. The Kier molecular flexibility index (Phi) is 6.22. The third-order valence-electron chi connectivity index (χ3n) is 3.63. The van der Waals surface area contributed by atoms with E-state index in [-0.39, 0.29) is 36.8 Å². The molecule has 0 fully saturated rings. The molecule has 0 N–H and O–H groups in total. The molecule has 0 aliphatic carbocycles. The van der Waals surface area contributed by atoms with Crippen molar-refractivity contribution in [2.45, 2.75) is 33.3 Å². The van der Waals surface area contributed by atoms with Crippen LogP contribution in [0.2, 0.25) is 0 Å². The van der Waals surface area contributed by atoms with Crippen LogP contribution < -0.4 is 10.0 Å². The first-order valence-electron chi connectivity index (χ1n) is 7.67. The molecule has 1 atom stereocenters. The average Bonchev–Trinajstić information content (AvgIpc) is 2.54. The van der Waals surface area contributed by atoms with Gasteiger partial charge in [-0.05, 0) is 26.0 Å². The summed E-state index contributed by atoms with van der Waals surface area (Å²) in [6, 6.07) is 10.3. The summed E-state index contributed by atoms with van der Waals surface area (Å²) >= 11 is 0. The van der Waals surface area contributed by atoms with Gasteiger partial charge in [0.05, 0.1) is 5.56 Å². The van der Waals surface area contributed by atoms with Gasteiger partial charge in [-0.2, -0.15) is 0 Å². The molecule has 126 valence electrons. The van der Waals surface area contributed by atoms with Crippen molar-refractivity contribution < 1.29 is 18.7 Å². The van der Waals surface area contributed by atoms with E-state index in [0.717, 1.165) is 5.56 Å². The fourth-order valence-electron chi connectivity index (χ4n) is 2.28. The quantitative estimate of drug-likeness (QED) is 0.566. The van der Waals surface area contributed by atoms with Gasteiger partial charge < -0.3 is 9.53 Å². The highest BCUT2D eigenvalue weighted by molar-refractivity contribution is 7.27. The Morgan fingerprint density at radius 2 is 1.92 bits per heavy atom. The Labute approximate surface area is 143 Å². The van der Waals surface area contributed by atoms with E-state index in [1.807, 2.05) is 13.0 Å². The van der Waals surface area contributed by atoms with Crippen LogP contribution in [-0.4, -0.2) is 11.6 Å². The molecule has 0 spiro atoms. The molecule has 0 radical (unpaired) electrons. The number of halogens is 1. The number of hydrogen-bond acceptors (Lipinski definition) is 3. The third-order valence-corrected chi connectivity index (χ3v) is 4.08. The molecule has 1 unspecified atom stereocenters. The highest BCUT2D eigenvalue weighted by Gasteiger charge is 2.15. The van der Waals surface area contributed by atoms with Gasteiger partial charge in [0.25, 0.3) is 0 Å². The van der Waals surface area contributed by atoms with Crippen LogP contribution in [0.1, 0.15) is 41.3 Å². The zero-order valence-corrected chi connectivity index (χ0v) is 14.9. The minimum absolute atomic E-state index is 0.0298. The van der Waals surface area contributed by atoms with Gasteiger partial charge in [0.1, 0.15) is 24.0 Å². The first-order chi connectivity index (χ1) is 11.4. The zero-order chi connectivity index (χ0) is 17.7. The molecule has 2 rings (SSSR count). The minimum Gasteiger partial charge on any atom is -0.488 e. The largest absolute Gasteiger partial charge is 0.488 e. The Hall–Kier alpha value is -2.06. The van der Waals surface area contributed by atoms with Crippen LogP contribution in [0.3, 0.4) is 0 Å². The molecule has 0 aliphatic heterocycles. The van der Waals surface area contributed by atoms with Crippen molar-refractivity contribution in [3.05, 3.63) is 58.9 Å². The number of benzene rings is 2. The molecular weight excluding hydrogens is 326 g/mol. The molecule has 0 saturated carbocycles. The van der Waals surface area contributed by atoms with E-state index in [4.69, 9.17) is 4.74 Å². The number of hydrogen-bond donors (Lipinski definition) is 0. The summed E-state index contributed by atoms with van der Waals surface area (Å²) in [6.45, 7) is 3.37. The van der Waals surface area contributed by atoms with Crippen LogP contribution in [-0.2, 0) is 11.4 Å². The molecular formula is C19H20FO3P. The molecule has 0 aromatic heterocycles. The molecule has 2 aromatic rings. The summed E-state index contributed by atoms with van der Waals surface area (Å²) in [5, 5.41) is 0.470. The summed E-state index contributed by atoms with van der Waals surface area (Å²) in [4.78, 5) is 23.4. The van der Waals surface area contributed by atoms with Crippen molar-refractivity contribution in [3.63, 3.8) is 0 Å². The lowest BCUT2D eigenvalue weighted by molar-refractivity contribution is -0.116. The van der Waals surface area contributed by atoms with Gasteiger partial charge >= 0.3 is 0 Å². The first kappa shape index (κ1) is 18.3. The Bertz CT molecular complexity index is 771. The number of carbonyl (C=O) groups excluding carboxylic acids is 2. The fourth-order valence-corrected chi connectivity index (χ4v) is 2.57. The van der Waals surface area contributed by atoms with Crippen LogP contribution >= 0.6 is 9.24 Å². The first-order valence-corrected chi connectivity index (χ1v) is 8.25. The van der Waals surface area contributed by atoms with E-state index in [0.29, 0.717) is 22.2 Å². The molecule has 0 amide bonds. The number of aryl methyl sites for hydroxylation is 1. The van der Waals surface area contributed by atoms with Gasteiger partial charge in [-0.25, -0.2) is 4.39 Å². The van der Waals surface area contributed by atoms with Crippen molar-refractivity contribution in [2.75, 3.05) is 0 Å². The second-order valence-corrected chi connectivity index (χ2v) is 6.36. The Balaban J connectivity index is 2.19. The van der Waals surface area contributed by atoms with Crippen LogP contribution in [0.25, 0.3) is 0 Å². The summed E-state index contributed by atoms with van der Waals surface area (Å²) in [5.41, 5.74) is 1.77. The predicted molar refractivity (Wildman–Crippen MR) is 95.5 cm³/mol. The molecule has 0 saturated heterocycles. The minimum atomic E-state index is -0.334. The summed E-state index contributed by atoms with van der Waals surface area (Å²) in [5.74, 6) is -0.108. The fraction of sp³-hybridized carbons (Fsp3) is 0.263. The number of Topliss-reactive ketones (excluding diaryl/α,β-unsaturated/α-hetero) is 2. The second-order valence-electron chi connectivity index (χ2n) is 5.73. The van der Waals surface area contributed by atoms with E-state index in [1.165, 1.54) is 6.92 Å². The van der Waals surface area contributed by atoms with Crippen molar-refractivity contribution in [2.24, 2.45) is 0 Å². The predicted octanol–water partition coefficient (Wildman–Crippen LogP) is 3.77. The van der Waals surface area contributed by atoms with Gasteiger partial charge in [0, 0.05) is 23.7 Å². The van der Waals surface area contributed by atoms with Gasteiger partial charge in [0.15, 0.2) is 5.78 Å². The zero-order valence-electron chi connectivity index (χ0n) is 13.8. The molecule has 0 heterocycles. The van der Waals surface area contributed by atoms with Crippen molar-refractivity contribution in [1.29, 1.82) is 0 Å². The topological polar surface area (TPSA) is 43.4 Å². The second kappa shape index (κ2) is 8.16. The molecule has 5 heteroatoms. The molecule has 0 aliphatic rings. The number of ether oxygens (including phenoxy) is 1. The maximum Gasteiger partial charge on any atom is 0.167 e. The SMILES string of the molecule is CC(=O)CCC(=O)c1cc(C)ccc1OCc1cccc(P)c1F. The van der Waals surface area contributed by atoms with Crippen molar-refractivity contribution >= 4 is 26.1 Å². The van der Waals surface area contributed by atoms with Crippen LogP contribution in [0, 0.1) is 12.7 Å². The van der Waals surface area contributed by atoms with E-state index in [2.05, 4.69) is 9.24 Å². The highest BCUT2D eigenvalue weighted by Crippen LogP contribution is 2.24. The molecule has 0 bridgehead atoms. The van der Waals surface area contributed by atoms with Crippen LogP contribution in [0.4, 0.5) is 4.39 Å². The van der Waals surface area contributed by atoms with E-state index < -0.39 is 0 Å². The highest BCUT2D eigenvalue weighted by atomic mass is 31.0. The van der Waals surface area contributed by atoms with Gasteiger partial charge in [-0.3, -0.25) is 4.79 Å². The number of carbonyl (C=O) groups is 2. The average molecular weight is 346 g/mol. The van der Waals surface area contributed by atoms with Crippen LogP contribution in [0.5, 0.6) is 5.75 Å².